The molecule has 1 N–H and O–H groups in total. The summed E-state index contributed by atoms with van der Waals surface area (Å²) in [7, 11) is -2.51. The van der Waals surface area contributed by atoms with Gasteiger partial charge in [-0.05, 0) is 81.4 Å². The van der Waals surface area contributed by atoms with E-state index in [1.165, 1.54) is 5.56 Å². The van der Waals surface area contributed by atoms with Crippen LogP contribution in [0.15, 0.2) is 58.0 Å². The van der Waals surface area contributed by atoms with Gasteiger partial charge in [0.25, 0.3) is 5.91 Å². The zero-order valence-electron chi connectivity index (χ0n) is 21.7. The highest BCUT2D eigenvalue weighted by molar-refractivity contribution is 8.02. The van der Waals surface area contributed by atoms with Crippen LogP contribution in [0.5, 0.6) is 0 Å². The summed E-state index contributed by atoms with van der Waals surface area (Å²) in [6.45, 7) is 7.26. The third-order valence-electron chi connectivity index (χ3n) is 6.42. The van der Waals surface area contributed by atoms with Crippen LogP contribution in [0.3, 0.4) is 0 Å². The normalized spacial score (nSPS) is 15.6. The minimum Gasteiger partial charge on any atom is -0.463 e. The molecule has 36 heavy (non-hydrogen) atoms. The lowest BCUT2D eigenvalue weighted by Gasteiger charge is -2.32. The van der Waals surface area contributed by atoms with Gasteiger partial charge >= 0.3 is 6.09 Å². The molecular weight excluding hydrogens is 476 g/mol. The Bertz CT molecular complexity index is 1310. The van der Waals surface area contributed by atoms with Crippen molar-refractivity contribution in [1.29, 1.82) is 0 Å². The molecule has 0 saturated carbocycles. The van der Waals surface area contributed by atoms with Gasteiger partial charge in [0.1, 0.15) is 17.4 Å². The van der Waals surface area contributed by atoms with Gasteiger partial charge in [0, 0.05) is 30.6 Å². The number of hydrogen-bond acceptors (Lipinski definition) is 5. The number of ether oxygens (including phenoxy) is 1. The van der Waals surface area contributed by atoms with Crippen LogP contribution in [0.2, 0.25) is 0 Å². The predicted molar refractivity (Wildman–Crippen MR) is 143 cm³/mol. The van der Waals surface area contributed by atoms with Crippen molar-refractivity contribution >= 4 is 32.9 Å². The Morgan fingerprint density at radius 1 is 1.11 bits per heavy atom. The standard InChI is InChI=1S/C28H36N2O5S/c1-28(2,3)35-27(32)29-17-19-7-6-8-21(15-19)20-11-13-30(14-12-20)26(31)22-9-10-24-23(16-22)25(18-34-24)36(4,5)33/h6-10,15-16,18,20,36H,11-14,17H2,1-5H3,(H,29,32). The van der Waals surface area contributed by atoms with Gasteiger partial charge in [-0.25, -0.2) is 4.79 Å². The van der Waals surface area contributed by atoms with E-state index in [0.29, 0.717) is 41.6 Å². The number of thiol groups is 1. The molecule has 194 valence electrons. The van der Waals surface area contributed by atoms with E-state index in [-0.39, 0.29) is 5.91 Å². The van der Waals surface area contributed by atoms with Gasteiger partial charge < -0.3 is 19.4 Å². The number of nitrogens with one attached hydrogen (secondary N) is 1. The van der Waals surface area contributed by atoms with Crippen molar-refractivity contribution in [2.45, 2.75) is 56.6 Å². The van der Waals surface area contributed by atoms with Crippen molar-refractivity contribution in [3.05, 3.63) is 65.4 Å². The van der Waals surface area contributed by atoms with Crippen molar-refractivity contribution in [1.82, 2.24) is 10.2 Å². The minimum atomic E-state index is -2.51. The fourth-order valence-corrected chi connectivity index (χ4v) is 5.67. The lowest BCUT2D eigenvalue weighted by molar-refractivity contribution is 0.0523. The molecule has 7 nitrogen and oxygen atoms in total. The molecule has 4 rings (SSSR count). The van der Waals surface area contributed by atoms with Crippen LogP contribution in [0.1, 0.15) is 61.0 Å². The SMILES string of the molecule is CC(C)(C)OC(=O)NCc1cccc(C2CCN(C(=O)c3ccc4occ([SH](C)(C)=O)c4c3)CC2)c1. The van der Waals surface area contributed by atoms with Crippen molar-refractivity contribution in [2.24, 2.45) is 0 Å². The van der Waals surface area contributed by atoms with Gasteiger partial charge in [-0.1, -0.05) is 34.2 Å². The van der Waals surface area contributed by atoms with E-state index in [9.17, 15) is 13.8 Å². The third-order valence-corrected chi connectivity index (χ3v) is 7.93. The predicted octanol–water partition coefficient (Wildman–Crippen LogP) is 5.11. The van der Waals surface area contributed by atoms with E-state index in [0.717, 1.165) is 23.8 Å². The summed E-state index contributed by atoms with van der Waals surface area (Å²) in [5, 5.41) is 3.56. The van der Waals surface area contributed by atoms with Gasteiger partial charge in [0.2, 0.25) is 0 Å². The summed E-state index contributed by atoms with van der Waals surface area (Å²) < 4.78 is 23.5. The first-order chi connectivity index (χ1) is 16.9. The van der Waals surface area contributed by atoms with Crippen molar-refractivity contribution < 1.29 is 23.0 Å². The number of amides is 2. The molecule has 2 aromatic carbocycles. The van der Waals surface area contributed by atoms with Gasteiger partial charge in [-0.3, -0.25) is 9.00 Å². The molecule has 8 heteroatoms. The Hall–Kier alpha value is -3.13. The Kier molecular flexibility index (Phi) is 7.27. The number of carbonyl (C=O) groups is 2. The number of rotatable bonds is 5. The highest BCUT2D eigenvalue weighted by atomic mass is 32.2. The molecular formula is C28H36N2O5S. The highest BCUT2D eigenvalue weighted by Crippen LogP contribution is 2.31. The maximum Gasteiger partial charge on any atom is 0.407 e. The molecule has 0 radical (unpaired) electrons. The molecule has 0 unspecified atom stereocenters. The largest absolute Gasteiger partial charge is 0.463 e. The number of nitrogens with zero attached hydrogens (tertiary/aromatic N) is 1. The van der Waals surface area contributed by atoms with Crippen LogP contribution in [0, 0.1) is 0 Å². The Morgan fingerprint density at radius 3 is 2.50 bits per heavy atom. The molecule has 2 amide bonds. The third kappa shape index (κ3) is 6.16. The summed E-state index contributed by atoms with van der Waals surface area (Å²) in [6, 6.07) is 13.6. The summed E-state index contributed by atoms with van der Waals surface area (Å²) in [6.07, 6.45) is 6.27. The quantitative estimate of drug-likeness (QED) is 0.464. The summed E-state index contributed by atoms with van der Waals surface area (Å²) in [4.78, 5) is 27.8. The van der Waals surface area contributed by atoms with Crippen molar-refractivity contribution in [3.63, 3.8) is 0 Å². The molecule has 0 bridgehead atoms. The topological polar surface area (TPSA) is 88.8 Å². The highest BCUT2D eigenvalue weighted by Gasteiger charge is 2.26. The summed E-state index contributed by atoms with van der Waals surface area (Å²) in [5.41, 5.74) is 2.94. The molecule has 1 aliphatic rings. The van der Waals surface area contributed by atoms with Gasteiger partial charge in [-0.15, -0.1) is 0 Å². The van der Waals surface area contributed by atoms with Crippen molar-refractivity contribution in [3.8, 4) is 0 Å². The second kappa shape index (κ2) is 10.1. The maximum atomic E-state index is 13.2. The summed E-state index contributed by atoms with van der Waals surface area (Å²) in [5.74, 6) is 0.337. The molecule has 1 aliphatic heterocycles. The van der Waals surface area contributed by atoms with Crippen LogP contribution in [0.4, 0.5) is 4.79 Å². The van der Waals surface area contributed by atoms with Gasteiger partial charge in [-0.2, -0.15) is 0 Å². The molecule has 1 aromatic heterocycles. The van der Waals surface area contributed by atoms with Gasteiger partial charge in [0.15, 0.2) is 0 Å². The number of furan rings is 1. The smallest absolute Gasteiger partial charge is 0.407 e. The molecule has 0 atom stereocenters. The monoisotopic (exact) mass is 512 g/mol. The number of likely N-dealkylation sites (tertiary alicyclic amines) is 1. The van der Waals surface area contributed by atoms with Crippen LogP contribution in [-0.2, 0) is 21.2 Å². The van der Waals surface area contributed by atoms with E-state index in [4.69, 9.17) is 9.15 Å². The van der Waals surface area contributed by atoms with E-state index in [2.05, 4.69) is 17.4 Å². The first-order valence-electron chi connectivity index (χ1n) is 12.3. The van der Waals surface area contributed by atoms with Crippen LogP contribution in [0.25, 0.3) is 11.0 Å². The van der Waals surface area contributed by atoms with E-state index in [1.54, 1.807) is 30.9 Å². The molecule has 0 spiro atoms. The minimum absolute atomic E-state index is 0.0140. The lowest BCUT2D eigenvalue weighted by atomic mass is 9.88. The molecule has 3 aromatic rings. The Balaban J connectivity index is 1.38. The van der Waals surface area contributed by atoms with Crippen LogP contribution < -0.4 is 5.32 Å². The van der Waals surface area contributed by atoms with E-state index < -0.39 is 21.6 Å². The maximum absolute atomic E-state index is 13.2. The fraction of sp³-hybridized carbons (Fsp3) is 0.429. The second-order valence-corrected chi connectivity index (χ2v) is 14.0. The first kappa shape index (κ1) is 25.9. The average Bonchev–Trinajstić information content (AvgIpc) is 3.25. The molecule has 2 heterocycles. The average molecular weight is 513 g/mol. The first-order valence-corrected chi connectivity index (χ1v) is 14.9. The van der Waals surface area contributed by atoms with Crippen molar-refractivity contribution in [2.75, 3.05) is 25.6 Å². The Morgan fingerprint density at radius 2 is 1.83 bits per heavy atom. The zero-order chi connectivity index (χ0) is 26.1. The molecule has 1 fully saturated rings. The fourth-order valence-electron chi connectivity index (χ4n) is 4.61. The Labute approximate surface area is 213 Å². The lowest BCUT2D eigenvalue weighted by Crippen LogP contribution is -2.38. The van der Waals surface area contributed by atoms with Crippen LogP contribution >= 0.6 is 0 Å². The number of alkyl carbamates (subject to hydrolysis) is 1. The van der Waals surface area contributed by atoms with Gasteiger partial charge in [0.05, 0.1) is 4.90 Å². The molecule has 0 aliphatic carbocycles. The molecule has 1 saturated heterocycles. The van der Waals surface area contributed by atoms with E-state index in [1.807, 2.05) is 43.9 Å². The van der Waals surface area contributed by atoms with E-state index >= 15 is 0 Å². The van der Waals surface area contributed by atoms with Crippen LogP contribution in [-0.4, -0.2) is 52.3 Å². The number of carbonyl (C=O) groups excluding carboxylic acids is 2. The second-order valence-electron chi connectivity index (χ2n) is 10.8. The number of piperidine rings is 1. The number of benzene rings is 2. The zero-order valence-corrected chi connectivity index (χ0v) is 22.6. The number of fused-ring (bicyclic) bond motifs is 1. The summed E-state index contributed by atoms with van der Waals surface area (Å²) >= 11 is 0. The number of hydrogen-bond donors (Lipinski definition) is 2.